The minimum absolute atomic E-state index is 0.458. The van der Waals surface area contributed by atoms with Gasteiger partial charge in [0.1, 0.15) is 18.1 Å². The first-order chi connectivity index (χ1) is 11.8. The second-order valence-corrected chi connectivity index (χ2v) is 5.77. The first kappa shape index (κ1) is 14.7. The van der Waals surface area contributed by atoms with Crippen molar-refractivity contribution in [3.63, 3.8) is 0 Å². The van der Waals surface area contributed by atoms with Crippen LogP contribution in [0.3, 0.4) is 0 Å². The molecule has 0 aliphatic carbocycles. The van der Waals surface area contributed by atoms with Gasteiger partial charge in [-0.25, -0.2) is 0 Å². The summed E-state index contributed by atoms with van der Waals surface area (Å²) >= 11 is 0. The lowest BCUT2D eigenvalue weighted by molar-refractivity contribution is 0.165. The molecule has 0 unspecified atom stereocenters. The van der Waals surface area contributed by atoms with Gasteiger partial charge in [0.05, 0.1) is 5.52 Å². The third-order valence-electron chi connectivity index (χ3n) is 4.09. The molecule has 1 N–H and O–H groups in total. The Labute approximate surface area is 140 Å². The summed E-state index contributed by atoms with van der Waals surface area (Å²) < 4.78 is 11.0. The first-order valence-corrected chi connectivity index (χ1v) is 7.93. The Morgan fingerprint density at radius 2 is 1.88 bits per heavy atom. The van der Waals surface area contributed by atoms with Crippen molar-refractivity contribution in [3.8, 4) is 11.5 Å². The number of nitrogens with one attached hydrogen (secondary N) is 1. The van der Waals surface area contributed by atoms with Gasteiger partial charge in [0, 0.05) is 12.5 Å². The highest BCUT2D eigenvalue weighted by Crippen LogP contribution is 2.31. The maximum Gasteiger partial charge on any atom is 0.155 e. The molecule has 120 valence electrons. The van der Waals surface area contributed by atoms with Crippen LogP contribution in [0.4, 0.5) is 0 Å². The van der Waals surface area contributed by atoms with Crippen LogP contribution in [-0.2, 0) is 17.8 Å². The standard InChI is InChI=1S/C20H18N2O2/c1-23-13-16-10-11-18(24-16)20-19-15(8-5-9-17(19)21-22-20)12-14-6-3-2-4-7-14/h2-11H,12-13H2,1H3,(H,21,22). The smallest absolute Gasteiger partial charge is 0.155 e. The van der Waals surface area contributed by atoms with Crippen LogP contribution in [0.15, 0.2) is 65.1 Å². The molecule has 0 saturated heterocycles. The third kappa shape index (κ3) is 2.72. The number of H-pyrrole nitrogens is 1. The zero-order valence-corrected chi connectivity index (χ0v) is 13.5. The minimum Gasteiger partial charge on any atom is -0.457 e. The lowest BCUT2D eigenvalue weighted by Crippen LogP contribution is -1.89. The van der Waals surface area contributed by atoms with E-state index in [2.05, 4.69) is 46.6 Å². The summed E-state index contributed by atoms with van der Waals surface area (Å²) in [7, 11) is 1.66. The Morgan fingerprint density at radius 3 is 2.71 bits per heavy atom. The van der Waals surface area contributed by atoms with Crippen LogP contribution in [0.1, 0.15) is 16.9 Å². The molecule has 0 amide bonds. The Bertz CT molecular complexity index is 954. The predicted molar refractivity (Wildman–Crippen MR) is 93.8 cm³/mol. The fraction of sp³-hybridized carbons (Fsp3) is 0.150. The second kappa shape index (κ2) is 6.34. The molecule has 4 heteroatoms. The molecular formula is C20H18N2O2. The largest absolute Gasteiger partial charge is 0.457 e. The molecule has 0 bridgehead atoms. The Balaban J connectivity index is 1.79. The molecule has 2 aromatic carbocycles. The van der Waals surface area contributed by atoms with Crippen molar-refractivity contribution in [2.45, 2.75) is 13.0 Å². The van der Waals surface area contributed by atoms with Crippen molar-refractivity contribution in [1.29, 1.82) is 0 Å². The highest BCUT2D eigenvalue weighted by molar-refractivity contribution is 5.94. The number of aromatic nitrogens is 2. The van der Waals surface area contributed by atoms with Crippen LogP contribution >= 0.6 is 0 Å². The van der Waals surface area contributed by atoms with Crippen molar-refractivity contribution < 1.29 is 9.15 Å². The number of rotatable bonds is 5. The maximum absolute atomic E-state index is 5.87. The molecule has 0 aliphatic heterocycles. The molecule has 0 saturated carbocycles. The summed E-state index contributed by atoms with van der Waals surface area (Å²) in [6.07, 6.45) is 0.857. The average molecular weight is 318 g/mol. The number of benzene rings is 2. The summed E-state index contributed by atoms with van der Waals surface area (Å²) in [4.78, 5) is 0. The number of hydrogen-bond acceptors (Lipinski definition) is 3. The van der Waals surface area contributed by atoms with Crippen molar-refractivity contribution in [1.82, 2.24) is 10.2 Å². The highest BCUT2D eigenvalue weighted by Gasteiger charge is 2.15. The Kier molecular flexibility index (Phi) is 3.89. The van der Waals surface area contributed by atoms with Gasteiger partial charge in [-0.05, 0) is 35.7 Å². The van der Waals surface area contributed by atoms with Crippen molar-refractivity contribution in [2.24, 2.45) is 0 Å². The monoisotopic (exact) mass is 318 g/mol. The number of nitrogens with zero attached hydrogens (tertiary/aromatic N) is 1. The molecule has 24 heavy (non-hydrogen) atoms. The lowest BCUT2D eigenvalue weighted by atomic mass is 9.99. The van der Waals surface area contributed by atoms with Gasteiger partial charge in [-0.3, -0.25) is 5.10 Å². The van der Waals surface area contributed by atoms with E-state index in [1.165, 1.54) is 11.1 Å². The van der Waals surface area contributed by atoms with Crippen molar-refractivity contribution in [2.75, 3.05) is 7.11 Å². The lowest BCUT2D eigenvalue weighted by Gasteiger charge is -2.05. The molecule has 0 atom stereocenters. The highest BCUT2D eigenvalue weighted by atomic mass is 16.5. The van der Waals surface area contributed by atoms with Gasteiger partial charge in [-0.2, -0.15) is 5.10 Å². The van der Waals surface area contributed by atoms with E-state index in [0.717, 1.165) is 34.5 Å². The third-order valence-corrected chi connectivity index (χ3v) is 4.09. The normalized spacial score (nSPS) is 11.2. The summed E-state index contributed by atoms with van der Waals surface area (Å²) in [6, 6.07) is 20.6. The predicted octanol–water partition coefficient (Wildman–Crippen LogP) is 4.56. The first-order valence-electron chi connectivity index (χ1n) is 7.93. The van der Waals surface area contributed by atoms with E-state index < -0.39 is 0 Å². The van der Waals surface area contributed by atoms with E-state index in [4.69, 9.17) is 9.15 Å². The Hall–Kier alpha value is -2.85. The van der Waals surface area contributed by atoms with Crippen LogP contribution in [-0.4, -0.2) is 17.3 Å². The van der Waals surface area contributed by atoms with Crippen molar-refractivity contribution in [3.05, 3.63) is 77.6 Å². The van der Waals surface area contributed by atoms with Gasteiger partial charge in [0.15, 0.2) is 5.76 Å². The fourth-order valence-corrected chi connectivity index (χ4v) is 3.01. The molecule has 0 fully saturated rings. The number of ether oxygens (including phenoxy) is 1. The summed E-state index contributed by atoms with van der Waals surface area (Å²) in [6.45, 7) is 0.458. The van der Waals surface area contributed by atoms with Crippen LogP contribution in [0, 0.1) is 0 Å². The van der Waals surface area contributed by atoms with E-state index in [0.29, 0.717) is 6.61 Å². The number of furan rings is 1. The van der Waals surface area contributed by atoms with E-state index >= 15 is 0 Å². The molecule has 4 aromatic rings. The fourth-order valence-electron chi connectivity index (χ4n) is 3.01. The van der Waals surface area contributed by atoms with Crippen molar-refractivity contribution >= 4 is 10.9 Å². The summed E-state index contributed by atoms with van der Waals surface area (Å²) in [5, 5.41) is 8.71. The molecule has 2 aromatic heterocycles. The SMILES string of the molecule is COCc1ccc(-c2n[nH]c3cccc(Cc4ccccc4)c23)o1. The molecule has 4 nitrogen and oxygen atoms in total. The van der Waals surface area contributed by atoms with E-state index in [9.17, 15) is 0 Å². The van der Waals surface area contributed by atoms with Crippen LogP contribution in [0.2, 0.25) is 0 Å². The molecule has 4 rings (SSSR count). The van der Waals surface area contributed by atoms with Gasteiger partial charge in [0.2, 0.25) is 0 Å². The Morgan fingerprint density at radius 1 is 1.00 bits per heavy atom. The molecule has 0 radical (unpaired) electrons. The number of fused-ring (bicyclic) bond motifs is 1. The molecule has 2 heterocycles. The topological polar surface area (TPSA) is 51.0 Å². The molecule has 0 spiro atoms. The quantitative estimate of drug-likeness (QED) is 0.587. The van der Waals surface area contributed by atoms with Gasteiger partial charge in [0.25, 0.3) is 0 Å². The maximum atomic E-state index is 5.87. The second-order valence-electron chi connectivity index (χ2n) is 5.77. The summed E-state index contributed by atoms with van der Waals surface area (Å²) in [5.74, 6) is 1.55. The van der Waals surface area contributed by atoms with Gasteiger partial charge < -0.3 is 9.15 Å². The molecular weight excluding hydrogens is 300 g/mol. The van der Waals surface area contributed by atoms with Gasteiger partial charge in [-0.15, -0.1) is 0 Å². The van der Waals surface area contributed by atoms with Crippen LogP contribution < -0.4 is 0 Å². The number of aromatic amines is 1. The summed E-state index contributed by atoms with van der Waals surface area (Å²) in [5.41, 5.74) is 4.37. The van der Waals surface area contributed by atoms with E-state index in [1.54, 1.807) is 7.11 Å². The van der Waals surface area contributed by atoms with Crippen LogP contribution in [0.25, 0.3) is 22.4 Å². The van der Waals surface area contributed by atoms with E-state index in [1.807, 2.05) is 24.3 Å². The van der Waals surface area contributed by atoms with Gasteiger partial charge >= 0.3 is 0 Å². The number of methoxy groups -OCH3 is 1. The number of hydrogen-bond donors (Lipinski definition) is 1. The van der Waals surface area contributed by atoms with Gasteiger partial charge in [-0.1, -0.05) is 42.5 Å². The van der Waals surface area contributed by atoms with Crippen LogP contribution in [0.5, 0.6) is 0 Å². The zero-order valence-electron chi connectivity index (χ0n) is 13.5. The average Bonchev–Trinajstić information content (AvgIpc) is 3.23. The zero-order chi connectivity index (χ0) is 16.4. The molecule has 0 aliphatic rings. The van der Waals surface area contributed by atoms with E-state index in [-0.39, 0.29) is 0 Å². The minimum atomic E-state index is 0.458.